The topological polar surface area (TPSA) is 41.6 Å². The van der Waals surface area contributed by atoms with Crippen LogP contribution in [0.5, 0.6) is 0 Å². The van der Waals surface area contributed by atoms with E-state index < -0.39 is 5.92 Å². The largest absolute Gasteiger partial charge is 0.272 e. The molecule has 90 valence electrons. The van der Waals surface area contributed by atoms with Gasteiger partial charge in [-0.15, -0.1) is 0 Å². The van der Waals surface area contributed by atoms with Crippen LogP contribution in [-0.2, 0) is 13.0 Å². The summed E-state index contributed by atoms with van der Waals surface area (Å²) in [6.07, 6.45) is 1.33. The summed E-state index contributed by atoms with van der Waals surface area (Å²) in [5, 5.41) is 12.7. The second-order valence-corrected chi connectivity index (χ2v) is 4.38. The smallest absolute Gasteiger partial charge is 0.263 e. The zero-order valence-electron chi connectivity index (χ0n) is 9.40. The van der Waals surface area contributed by atoms with E-state index in [1.54, 1.807) is 30.5 Å². The van der Waals surface area contributed by atoms with Crippen LogP contribution in [0, 0.1) is 11.3 Å². The average molecular weight is 245 g/mol. The van der Waals surface area contributed by atoms with Crippen LogP contribution in [0.25, 0.3) is 11.1 Å². The monoisotopic (exact) mass is 245 g/mol. The highest BCUT2D eigenvalue weighted by Gasteiger charge is 2.39. The molecule has 0 atom stereocenters. The summed E-state index contributed by atoms with van der Waals surface area (Å²) in [7, 11) is 0. The fourth-order valence-corrected chi connectivity index (χ4v) is 2.22. The molecule has 0 radical (unpaired) electrons. The lowest BCUT2D eigenvalue weighted by Gasteiger charge is -2.05. The van der Waals surface area contributed by atoms with E-state index in [1.165, 1.54) is 4.68 Å². The third-order valence-electron chi connectivity index (χ3n) is 3.08. The summed E-state index contributed by atoms with van der Waals surface area (Å²) in [4.78, 5) is 0. The predicted molar refractivity (Wildman–Crippen MR) is 61.0 cm³/mol. The maximum Gasteiger partial charge on any atom is 0.272 e. The average Bonchev–Trinajstić information content (AvgIpc) is 2.84. The Labute approximate surface area is 102 Å². The lowest BCUT2D eigenvalue weighted by molar-refractivity contribution is 0.00102. The molecule has 3 nitrogen and oxygen atoms in total. The van der Waals surface area contributed by atoms with E-state index in [1.807, 2.05) is 6.07 Å². The molecule has 1 aromatic carbocycles. The lowest BCUT2D eigenvalue weighted by Crippen LogP contribution is -2.17. The van der Waals surface area contributed by atoms with E-state index in [-0.39, 0.29) is 13.0 Å². The maximum atomic E-state index is 13.3. The Morgan fingerprint density at radius 1 is 1.28 bits per heavy atom. The zero-order valence-corrected chi connectivity index (χ0v) is 9.40. The lowest BCUT2D eigenvalue weighted by atomic mass is 10.0. The first-order chi connectivity index (χ1) is 8.59. The highest BCUT2D eigenvalue weighted by atomic mass is 19.3. The first-order valence-corrected chi connectivity index (χ1v) is 5.52. The Balaban J connectivity index is 2.02. The third-order valence-corrected chi connectivity index (χ3v) is 3.08. The summed E-state index contributed by atoms with van der Waals surface area (Å²) < 4.78 is 27.9. The Morgan fingerprint density at radius 2 is 2.00 bits per heavy atom. The predicted octanol–water partition coefficient (Wildman–Crippen LogP) is 2.61. The van der Waals surface area contributed by atoms with Crippen LogP contribution >= 0.6 is 0 Å². The molecule has 2 heterocycles. The second-order valence-electron chi connectivity index (χ2n) is 4.38. The van der Waals surface area contributed by atoms with E-state index in [9.17, 15) is 8.78 Å². The van der Waals surface area contributed by atoms with Crippen molar-refractivity contribution < 1.29 is 8.78 Å². The molecule has 5 heteroatoms. The molecule has 0 unspecified atom stereocenters. The maximum absolute atomic E-state index is 13.3. The number of nitrogens with zero attached hydrogens (tertiary/aromatic N) is 3. The van der Waals surface area contributed by atoms with E-state index in [2.05, 4.69) is 5.10 Å². The van der Waals surface area contributed by atoms with Crippen LogP contribution in [0.2, 0.25) is 0 Å². The first kappa shape index (κ1) is 10.9. The van der Waals surface area contributed by atoms with Gasteiger partial charge in [-0.2, -0.15) is 10.4 Å². The van der Waals surface area contributed by atoms with E-state index >= 15 is 0 Å². The van der Waals surface area contributed by atoms with Crippen molar-refractivity contribution in [1.29, 1.82) is 5.26 Å². The molecule has 3 rings (SSSR count). The van der Waals surface area contributed by atoms with Crippen molar-refractivity contribution in [1.82, 2.24) is 9.78 Å². The Kier molecular flexibility index (Phi) is 2.20. The van der Waals surface area contributed by atoms with Crippen molar-refractivity contribution in [2.24, 2.45) is 0 Å². The molecule has 2 aromatic rings. The van der Waals surface area contributed by atoms with Gasteiger partial charge in [-0.3, -0.25) is 4.68 Å². The van der Waals surface area contributed by atoms with Crippen molar-refractivity contribution in [3.05, 3.63) is 41.7 Å². The molecule has 0 amide bonds. The second kappa shape index (κ2) is 3.64. The number of aromatic nitrogens is 2. The number of rotatable bonds is 1. The number of fused-ring (bicyclic) bond motifs is 1. The van der Waals surface area contributed by atoms with Gasteiger partial charge in [-0.1, -0.05) is 12.1 Å². The van der Waals surface area contributed by atoms with Crippen molar-refractivity contribution in [3.63, 3.8) is 0 Å². The Morgan fingerprint density at radius 3 is 2.67 bits per heavy atom. The molecule has 0 fully saturated rings. The zero-order chi connectivity index (χ0) is 12.8. The molecule has 0 bridgehead atoms. The summed E-state index contributed by atoms with van der Waals surface area (Å²) in [6, 6.07) is 8.88. The fraction of sp³-hybridized carbons (Fsp3) is 0.231. The summed E-state index contributed by atoms with van der Waals surface area (Å²) in [5.74, 6) is -2.70. The molecule has 18 heavy (non-hydrogen) atoms. The summed E-state index contributed by atoms with van der Waals surface area (Å²) in [5.41, 5.74) is 2.64. The molecule has 0 spiro atoms. The number of halogens is 2. The molecule has 0 saturated carbocycles. The van der Waals surface area contributed by atoms with Crippen LogP contribution in [0.15, 0.2) is 30.5 Å². The first-order valence-electron chi connectivity index (χ1n) is 5.52. The fourth-order valence-electron chi connectivity index (χ4n) is 2.22. The standard InChI is InChI=1S/C13H9F2N3/c14-13(15)5-12-11(7-17-18(12)8-13)10-3-1-9(6-16)2-4-10/h1-4,7H,5,8H2. The molecule has 0 N–H and O–H groups in total. The molecule has 1 aliphatic heterocycles. The minimum atomic E-state index is -2.70. The van der Waals surface area contributed by atoms with Gasteiger partial charge in [0, 0.05) is 5.56 Å². The molecule has 0 aliphatic carbocycles. The van der Waals surface area contributed by atoms with Crippen molar-refractivity contribution in [3.8, 4) is 17.2 Å². The molecular weight excluding hydrogens is 236 g/mol. The number of benzene rings is 1. The van der Waals surface area contributed by atoms with Gasteiger partial charge in [0.05, 0.1) is 29.9 Å². The normalized spacial score (nSPS) is 16.3. The van der Waals surface area contributed by atoms with E-state index in [0.29, 0.717) is 11.3 Å². The number of hydrogen-bond acceptors (Lipinski definition) is 2. The number of hydrogen-bond donors (Lipinski definition) is 0. The molecule has 0 saturated heterocycles. The van der Waals surface area contributed by atoms with Crippen LogP contribution < -0.4 is 0 Å². The Hall–Kier alpha value is -2.22. The SMILES string of the molecule is N#Cc1ccc(-c2cnn3c2CC(F)(F)C3)cc1. The van der Waals surface area contributed by atoms with Crippen LogP contribution in [0.1, 0.15) is 11.3 Å². The van der Waals surface area contributed by atoms with Crippen molar-refractivity contribution in [2.75, 3.05) is 0 Å². The summed E-state index contributed by atoms with van der Waals surface area (Å²) >= 11 is 0. The quantitative estimate of drug-likeness (QED) is 0.775. The van der Waals surface area contributed by atoms with Gasteiger partial charge in [-0.25, -0.2) is 8.78 Å². The minimum Gasteiger partial charge on any atom is -0.263 e. The molecule has 1 aromatic heterocycles. The van der Waals surface area contributed by atoms with Gasteiger partial charge in [0.1, 0.15) is 6.54 Å². The molecule has 1 aliphatic rings. The third kappa shape index (κ3) is 1.66. The van der Waals surface area contributed by atoms with Crippen LogP contribution in [0.3, 0.4) is 0 Å². The number of nitriles is 1. The van der Waals surface area contributed by atoms with Gasteiger partial charge < -0.3 is 0 Å². The van der Waals surface area contributed by atoms with Gasteiger partial charge in [0.2, 0.25) is 0 Å². The number of alkyl halides is 2. The summed E-state index contributed by atoms with van der Waals surface area (Å²) in [6.45, 7) is -0.349. The van der Waals surface area contributed by atoms with Crippen LogP contribution in [0.4, 0.5) is 8.78 Å². The van der Waals surface area contributed by atoms with Gasteiger partial charge in [0.15, 0.2) is 0 Å². The highest BCUT2D eigenvalue weighted by Crippen LogP contribution is 2.35. The minimum absolute atomic E-state index is 0.275. The van der Waals surface area contributed by atoms with Crippen molar-refractivity contribution >= 4 is 0 Å². The van der Waals surface area contributed by atoms with Gasteiger partial charge in [-0.05, 0) is 17.7 Å². The van der Waals surface area contributed by atoms with E-state index in [4.69, 9.17) is 5.26 Å². The van der Waals surface area contributed by atoms with Gasteiger partial charge >= 0.3 is 0 Å². The Bertz CT molecular complexity index is 635. The molecular formula is C13H9F2N3. The van der Waals surface area contributed by atoms with E-state index in [0.717, 1.165) is 11.1 Å². The van der Waals surface area contributed by atoms with Crippen LogP contribution in [-0.4, -0.2) is 15.7 Å². The highest BCUT2D eigenvalue weighted by molar-refractivity contribution is 5.66. The van der Waals surface area contributed by atoms with Crippen molar-refractivity contribution in [2.45, 2.75) is 18.9 Å². The van der Waals surface area contributed by atoms with Gasteiger partial charge in [0.25, 0.3) is 5.92 Å².